The van der Waals surface area contributed by atoms with Crippen LogP contribution in [0, 0.1) is 0 Å². The van der Waals surface area contributed by atoms with Crippen LogP contribution < -0.4 is 3.96 Å². The average Bonchev–Trinajstić information content (AvgIpc) is 2.62. The molecule has 0 atom stereocenters. The molecule has 0 saturated heterocycles. The van der Waals surface area contributed by atoms with E-state index in [1.54, 1.807) is 6.92 Å². The molecule has 0 aliphatic carbocycles. The quantitative estimate of drug-likeness (QED) is 0.516. The Hall–Kier alpha value is -0.970. The molecule has 0 bridgehead atoms. The monoisotopic (exact) mass is 199 g/mol. The van der Waals surface area contributed by atoms with Crippen molar-refractivity contribution in [2.24, 2.45) is 0 Å². The minimum atomic E-state index is -0.283. The zero-order valence-corrected chi connectivity index (χ0v) is 8.26. The van der Waals surface area contributed by atoms with Gasteiger partial charge in [-0.1, -0.05) is 0 Å². The van der Waals surface area contributed by atoms with E-state index in [9.17, 15) is 4.79 Å². The van der Waals surface area contributed by atoms with Crippen molar-refractivity contribution in [3.63, 3.8) is 0 Å². The van der Waals surface area contributed by atoms with Gasteiger partial charge in [0, 0.05) is 10.8 Å². The highest BCUT2D eigenvalue weighted by atomic mass is 32.1. The highest BCUT2D eigenvalue weighted by molar-refractivity contribution is 6.95. The van der Waals surface area contributed by atoms with Gasteiger partial charge in [-0.25, -0.2) is 4.79 Å². The van der Waals surface area contributed by atoms with Crippen molar-refractivity contribution in [1.82, 2.24) is 4.37 Å². The Morgan fingerprint density at radius 3 is 3.38 bits per heavy atom. The Bertz CT molecular complexity index is 335. The standard InChI is InChI=1S/C8H11N2O2S/c1-2-12-8(11)7-6-4-3-5-10(6)13-9-7/h2-5H2,1H3/q+1. The highest BCUT2D eigenvalue weighted by Crippen LogP contribution is 2.13. The third kappa shape index (κ3) is 1.44. The number of carbonyl (C=O) groups is 1. The van der Waals surface area contributed by atoms with Crippen LogP contribution in [0.3, 0.4) is 0 Å². The van der Waals surface area contributed by atoms with Crippen LogP contribution in [0.15, 0.2) is 0 Å². The molecule has 1 aromatic rings. The molecule has 5 heteroatoms. The Balaban J connectivity index is 2.26. The van der Waals surface area contributed by atoms with E-state index in [1.807, 2.05) is 0 Å². The summed E-state index contributed by atoms with van der Waals surface area (Å²) in [7, 11) is 0. The molecular formula is C8H11N2O2S+. The summed E-state index contributed by atoms with van der Waals surface area (Å²) < 4.78 is 11.1. The van der Waals surface area contributed by atoms with Crippen LogP contribution in [0.4, 0.5) is 0 Å². The fourth-order valence-electron chi connectivity index (χ4n) is 1.47. The van der Waals surface area contributed by atoms with Gasteiger partial charge in [0.05, 0.1) is 6.61 Å². The number of rotatable bonds is 2. The summed E-state index contributed by atoms with van der Waals surface area (Å²) in [5, 5.41) is 0. The molecule has 1 aromatic heterocycles. The Labute approximate surface area is 80.5 Å². The summed E-state index contributed by atoms with van der Waals surface area (Å²) in [6.45, 7) is 3.21. The summed E-state index contributed by atoms with van der Waals surface area (Å²) in [5.74, 6) is -0.283. The second-order valence-electron chi connectivity index (χ2n) is 2.89. The van der Waals surface area contributed by atoms with E-state index in [0.29, 0.717) is 12.3 Å². The third-order valence-corrected chi connectivity index (χ3v) is 2.91. The van der Waals surface area contributed by atoms with Gasteiger partial charge in [-0.05, 0) is 13.3 Å². The van der Waals surface area contributed by atoms with Crippen molar-refractivity contribution in [2.45, 2.75) is 26.3 Å². The summed E-state index contributed by atoms with van der Waals surface area (Å²) in [5.41, 5.74) is 1.56. The first-order chi connectivity index (χ1) is 6.33. The van der Waals surface area contributed by atoms with Crippen molar-refractivity contribution in [2.75, 3.05) is 6.61 Å². The number of aromatic nitrogens is 2. The molecule has 2 rings (SSSR count). The van der Waals surface area contributed by atoms with Crippen LogP contribution in [-0.4, -0.2) is 16.9 Å². The predicted molar refractivity (Wildman–Crippen MR) is 46.6 cm³/mol. The predicted octanol–water partition coefficient (Wildman–Crippen LogP) is 0.554. The lowest BCUT2D eigenvalue weighted by atomic mass is 10.2. The zero-order valence-electron chi connectivity index (χ0n) is 7.45. The number of esters is 1. The van der Waals surface area contributed by atoms with E-state index in [4.69, 9.17) is 4.74 Å². The summed E-state index contributed by atoms with van der Waals surface area (Å²) in [6, 6.07) is 0. The molecule has 0 radical (unpaired) electrons. The molecule has 0 fully saturated rings. The lowest BCUT2D eigenvalue weighted by Crippen LogP contribution is -2.27. The molecule has 0 spiro atoms. The first-order valence-electron chi connectivity index (χ1n) is 4.39. The van der Waals surface area contributed by atoms with Gasteiger partial charge < -0.3 is 4.74 Å². The van der Waals surface area contributed by atoms with Gasteiger partial charge in [0.25, 0.3) is 11.7 Å². The number of nitrogens with zero attached hydrogens (tertiary/aromatic N) is 2. The number of carbonyl (C=O) groups excluding carboxylic acids is 1. The minimum absolute atomic E-state index is 0.283. The van der Waals surface area contributed by atoms with Crippen molar-refractivity contribution in [3.8, 4) is 0 Å². The van der Waals surface area contributed by atoms with Crippen molar-refractivity contribution in [1.29, 1.82) is 0 Å². The van der Waals surface area contributed by atoms with Crippen molar-refractivity contribution >= 4 is 17.7 Å². The minimum Gasteiger partial charge on any atom is -0.459 e. The van der Waals surface area contributed by atoms with Crippen molar-refractivity contribution < 1.29 is 13.5 Å². The normalized spacial score (nSPS) is 14.2. The maximum Gasteiger partial charge on any atom is 0.388 e. The number of hydrogen-bond acceptors (Lipinski definition) is 4. The number of fused-ring (bicyclic) bond motifs is 1. The molecule has 1 aliphatic heterocycles. The highest BCUT2D eigenvalue weighted by Gasteiger charge is 2.32. The Kier molecular flexibility index (Phi) is 2.26. The Morgan fingerprint density at radius 1 is 1.77 bits per heavy atom. The molecule has 13 heavy (non-hydrogen) atoms. The van der Waals surface area contributed by atoms with Crippen molar-refractivity contribution in [3.05, 3.63) is 11.4 Å². The second-order valence-corrected chi connectivity index (χ2v) is 3.68. The SMILES string of the molecule is CCOC(=O)c1ns[n+]2c1CCC2. The van der Waals surface area contributed by atoms with Crippen LogP contribution in [0.5, 0.6) is 0 Å². The largest absolute Gasteiger partial charge is 0.459 e. The molecule has 2 heterocycles. The van der Waals surface area contributed by atoms with E-state index in [-0.39, 0.29) is 5.97 Å². The molecule has 4 nitrogen and oxygen atoms in total. The van der Waals surface area contributed by atoms with Crippen LogP contribution in [0.1, 0.15) is 29.5 Å². The van der Waals surface area contributed by atoms with E-state index >= 15 is 0 Å². The van der Waals surface area contributed by atoms with Gasteiger partial charge in [-0.3, -0.25) is 0 Å². The summed E-state index contributed by atoms with van der Waals surface area (Å²) in [4.78, 5) is 11.4. The van der Waals surface area contributed by atoms with Gasteiger partial charge in [0.15, 0.2) is 5.69 Å². The molecule has 0 saturated carbocycles. The maximum atomic E-state index is 11.4. The zero-order chi connectivity index (χ0) is 9.26. The lowest BCUT2D eigenvalue weighted by Gasteiger charge is -1.93. The van der Waals surface area contributed by atoms with Crippen LogP contribution in [0.2, 0.25) is 0 Å². The van der Waals surface area contributed by atoms with E-state index in [2.05, 4.69) is 8.33 Å². The summed E-state index contributed by atoms with van der Waals surface area (Å²) in [6.07, 6.45) is 2.06. The van der Waals surface area contributed by atoms with Gasteiger partial charge in [-0.2, -0.15) is 3.96 Å². The molecule has 0 aromatic carbocycles. The molecule has 0 amide bonds. The van der Waals surface area contributed by atoms with Crippen LogP contribution in [-0.2, 0) is 17.7 Å². The lowest BCUT2D eigenvalue weighted by molar-refractivity contribution is -0.622. The smallest absolute Gasteiger partial charge is 0.388 e. The fourth-order valence-corrected chi connectivity index (χ4v) is 2.32. The molecule has 70 valence electrons. The summed E-state index contributed by atoms with van der Waals surface area (Å²) >= 11 is 1.36. The average molecular weight is 199 g/mol. The first-order valence-corrected chi connectivity index (χ1v) is 5.12. The number of hydrogen-bond donors (Lipinski definition) is 0. The molecule has 1 aliphatic rings. The second kappa shape index (κ2) is 3.41. The topological polar surface area (TPSA) is 43.1 Å². The van der Waals surface area contributed by atoms with Gasteiger partial charge in [0.2, 0.25) is 0 Å². The number of ether oxygens (including phenoxy) is 1. The van der Waals surface area contributed by atoms with E-state index in [1.165, 1.54) is 11.7 Å². The fraction of sp³-hybridized carbons (Fsp3) is 0.625. The third-order valence-electron chi connectivity index (χ3n) is 2.05. The van der Waals surface area contributed by atoms with E-state index < -0.39 is 0 Å². The van der Waals surface area contributed by atoms with Gasteiger partial charge >= 0.3 is 11.7 Å². The van der Waals surface area contributed by atoms with Crippen LogP contribution >= 0.6 is 11.7 Å². The molecular weight excluding hydrogens is 188 g/mol. The maximum absolute atomic E-state index is 11.4. The Morgan fingerprint density at radius 2 is 2.62 bits per heavy atom. The molecule has 0 N–H and O–H groups in total. The number of aryl methyl sites for hydroxylation is 1. The van der Waals surface area contributed by atoms with E-state index in [0.717, 1.165) is 25.1 Å². The molecule has 0 unspecified atom stereocenters. The first kappa shape index (κ1) is 8.62. The van der Waals surface area contributed by atoms with Crippen LogP contribution in [0.25, 0.3) is 0 Å². The van der Waals surface area contributed by atoms with Gasteiger partial charge in [-0.15, -0.1) is 0 Å². The van der Waals surface area contributed by atoms with Gasteiger partial charge in [0.1, 0.15) is 6.54 Å².